The number of carbonyl (C=O) groups excluding carboxylic acids is 1. The number of pyridine rings is 1. The summed E-state index contributed by atoms with van der Waals surface area (Å²) in [5.74, 6) is -0.551. The van der Waals surface area contributed by atoms with Crippen LogP contribution in [0.2, 0.25) is 0 Å². The lowest BCUT2D eigenvalue weighted by Gasteiger charge is -2.11. The first-order valence-electron chi connectivity index (χ1n) is 3.61. The van der Waals surface area contributed by atoms with Crippen LogP contribution in [0.15, 0.2) is 12.3 Å². The van der Waals surface area contributed by atoms with Crippen molar-refractivity contribution in [3.8, 4) is 0 Å². The lowest BCUT2D eigenvalue weighted by atomic mass is 10.4. The van der Waals surface area contributed by atoms with E-state index in [4.69, 9.17) is 0 Å². The van der Waals surface area contributed by atoms with E-state index in [0.29, 0.717) is 0 Å². The summed E-state index contributed by atoms with van der Waals surface area (Å²) in [6.07, 6.45) is 3.60. The second-order valence-electron chi connectivity index (χ2n) is 2.60. The van der Waals surface area contributed by atoms with E-state index in [1.165, 1.54) is 11.1 Å². The van der Waals surface area contributed by atoms with E-state index in [0.717, 1.165) is 6.07 Å². The van der Waals surface area contributed by atoms with Crippen molar-refractivity contribution >= 4 is 11.7 Å². The van der Waals surface area contributed by atoms with Gasteiger partial charge in [-0.25, -0.2) is 9.18 Å². The fraction of sp³-hybridized carbons (Fsp3) is 0.250. The van der Waals surface area contributed by atoms with Gasteiger partial charge in [0, 0.05) is 20.3 Å². The molecule has 13 heavy (non-hydrogen) atoms. The molecule has 1 N–H and O–H groups in total. The third-order valence-corrected chi connectivity index (χ3v) is 1.35. The zero-order valence-electron chi connectivity index (χ0n) is 7.34. The molecule has 0 saturated carbocycles. The summed E-state index contributed by atoms with van der Waals surface area (Å²) in [5, 5.41) is 2.30. The highest BCUT2D eigenvalue weighted by molar-refractivity contribution is 5.88. The number of aromatic nitrogens is 1. The lowest BCUT2D eigenvalue weighted by molar-refractivity contribution is 0.230. The van der Waals surface area contributed by atoms with Crippen molar-refractivity contribution in [3.63, 3.8) is 0 Å². The number of carbonyl (C=O) groups is 1. The van der Waals surface area contributed by atoms with Gasteiger partial charge in [0.05, 0.1) is 0 Å². The van der Waals surface area contributed by atoms with Crippen LogP contribution in [0.3, 0.4) is 0 Å². The number of hydrogen-bond acceptors (Lipinski definition) is 2. The number of rotatable bonds is 1. The Hall–Kier alpha value is -1.65. The predicted molar refractivity (Wildman–Crippen MR) is 45.7 cm³/mol. The summed E-state index contributed by atoms with van der Waals surface area (Å²) in [7, 11) is 3.12. The maximum Gasteiger partial charge on any atom is 0.321 e. The maximum atomic E-state index is 12.9. The van der Waals surface area contributed by atoms with E-state index in [1.54, 1.807) is 14.1 Å². The van der Waals surface area contributed by atoms with Crippen LogP contribution >= 0.6 is 0 Å². The lowest BCUT2D eigenvalue weighted by Crippen LogP contribution is -2.27. The first-order chi connectivity index (χ1) is 6.11. The average Bonchev–Trinajstić information content (AvgIpc) is 2.08. The molecule has 0 atom stereocenters. The van der Waals surface area contributed by atoms with Crippen LogP contribution in [0.5, 0.6) is 0 Å². The molecule has 5 heteroatoms. The van der Waals surface area contributed by atoms with E-state index in [2.05, 4.69) is 16.5 Å². The zero-order chi connectivity index (χ0) is 9.84. The number of nitrogens with one attached hydrogen (secondary N) is 1. The van der Waals surface area contributed by atoms with Gasteiger partial charge in [-0.15, -0.1) is 0 Å². The number of anilines is 1. The number of urea groups is 1. The topological polar surface area (TPSA) is 45.2 Å². The minimum Gasteiger partial charge on any atom is -0.331 e. The van der Waals surface area contributed by atoms with Crippen molar-refractivity contribution in [1.29, 1.82) is 0 Å². The van der Waals surface area contributed by atoms with E-state index in [-0.39, 0.29) is 5.69 Å². The van der Waals surface area contributed by atoms with Crippen molar-refractivity contribution in [1.82, 2.24) is 9.88 Å². The fourth-order valence-electron chi connectivity index (χ4n) is 0.648. The van der Waals surface area contributed by atoms with Gasteiger partial charge < -0.3 is 10.2 Å². The summed E-state index contributed by atoms with van der Waals surface area (Å²) in [5.41, 5.74) is -0.0406. The average molecular weight is 182 g/mol. The Morgan fingerprint density at radius 3 is 2.92 bits per heavy atom. The van der Waals surface area contributed by atoms with Crippen molar-refractivity contribution in [3.05, 3.63) is 24.3 Å². The van der Waals surface area contributed by atoms with Crippen LogP contribution in [0.4, 0.5) is 14.9 Å². The van der Waals surface area contributed by atoms with Crippen molar-refractivity contribution < 1.29 is 9.18 Å². The van der Waals surface area contributed by atoms with Crippen molar-refractivity contribution in [2.75, 3.05) is 19.4 Å². The monoisotopic (exact) mass is 182 g/mol. The van der Waals surface area contributed by atoms with E-state index < -0.39 is 11.8 Å². The molecule has 0 saturated heterocycles. The minimum absolute atomic E-state index is 0.0406. The van der Waals surface area contributed by atoms with Gasteiger partial charge in [0.25, 0.3) is 0 Å². The highest BCUT2D eigenvalue weighted by Crippen LogP contribution is 2.09. The van der Waals surface area contributed by atoms with Gasteiger partial charge in [0.2, 0.25) is 0 Å². The smallest absolute Gasteiger partial charge is 0.321 e. The normalized spacial score (nSPS) is 9.46. The Bertz CT molecular complexity index is 314. The summed E-state index contributed by atoms with van der Waals surface area (Å²) in [6.45, 7) is 0. The standard InChI is InChI=1S/C8H9FN3O/c1-12(2)8(13)11-7-5-10-4-3-6(7)9/h3-4H,1-2H3,(H,11,13). The molecule has 0 aliphatic rings. The molecule has 0 aliphatic carbocycles. The van der Waals surface area contributed by atoms with Crippen molar-refractivity contribution in [2.45, 2.75) is 0 Å². The van der Waals surface area contributed by atoms with Crippen LogP contribution < -0.4 is 5.32 Å². The first kappa shape index (κ1) is 9.44. The molecule has 0 aliphatic heterocycles. The molecule has 1 heterocycles. The zero-order valence-corrected chi connectivity index (χ0v) is 7.34. The summed E-state index contributed by atoms with van der Waals surface area (Å²) < 4.78 is 12.9. The van der Waals surface area contributed by atoms with Gasteiger partial charge in [-0.2, -0.15) is 0 Å². The third-order valence-electron chi connectivity index (χ3n) is 1.35. The number of hydrogen-bond donors (Lipinski definition) is 1. The molecule has 69 valence electrons. The molecular formula is C8H9FN3O. The van der Waals surface area contributed by atoms with Crippen LogP contribution in [-0.2, 0) is 0 Å². The van der Waals surface area contributed by atoms with Crippen LogP contribution in [-0.4, -0.2) is 30.0 Å². The van der Waals surface area contributed by atoms with Gasteiger partial charge in [0.1, 0.15) is 11.9 Å². The molecule has 0 aromatic carbocycles. The van der Waals surface area contributed by atoms with E-state index in [9.17, 15) is 9.18 Å². The fourth-order valence-corrected chi connectivity index (χ4v) is 0.648. The molecule has 0 spiro atoms. The molecule has 1 aromatic heterocycles. The SMILES string of the molecule is CN(C)C(=O)Nc1[c]nccc1F. The van der Waals surface area contributed by atoms with Gasteiger partial charge in [-0.1, -0.05) is 0 Å². The van der Waals surface area contributed by atoms with Crippen LogP contribution in [0.1, 0.15) is 0 Å². The van der Waals surface area contributed by atoms with Gasteiger partial charge >= 0.3 is 6.03 Å². The largest absolute Gasteiger partial charge is 0.331 e. The molecule has 1 radical (unpaired) electrons. The second kappa shape index (κ2) is 3.84. The number of halogens is 1. The molecule has 4 nitrogen and oxygen atoms in total. The molecule has 1 rings (SSSR count). The molecule has 2 amide bonds. The van der Waals surface area contributed by atoms with Crippen molar-refractivity contribution in [2.24, 2.45) is 0 Å². The summed E-state index contributed by atoms with van der Waals surface area (Å²) in [6, 6.07) is 0.741. The number of nitrogens with zero attached hydrogens (tertiary/aromatic N) is 2. The molecular weight excluding hydrogens is 173 g/mol. The highest BCUT2D eigenvalue weighted by Gasteiger charge is 2.07. The molecule has 1 aromatic rings. The molecule has 0 unspecified atom stereocenters. The second-order valence-corrected chi connectivity index (χ2v) is 2.60. The Morgan fingerprint density at radius 2 is 2.38 bits per heavy atom. The maximum absolute atomic E-state index is 12.9. The summed E-state index contributed by atoms with van der Waals surface area (Å²) in [4.78, 5) is 15.9. The Morgan fingerprint density at radius 1 is 1.69 bits per heavy atom. The Kier molecular flexibility index (Phi) is 2.79. The Labute approximate surface area is 75.4 Å². The Balaban J connectivity index is 2.75. The minimum atomic E-state index is -0.551. The van der Waals surface area contributed by atoms with Crippen LogP contribution in [0.25, 0.3) is 0 Å². The van der Waals surface area contributed by atoms with Crippen LogP contribution in [0, 0.1) is 12.0 Å². The molecule has 0 bridgehead atoms. The first-order valence-corrected chi connectivity index (χ1v) is 3.61. The highest BCUT2D eigenvalue weighted by atomic mass is 19.1. The van der Waals surface area contributed by atoms with E-state index >= 15 is 0 Å². The van der Waals surface area contributed by atoms with Gasteiger partial charge in [-0.3, -0.25) is 4.98 Å². The number of amides is 2. The quantitative estimate of drug-likeness (QED) is 0.707. The van der Waals surface area contributed by atoms with Gasteiger partial charge in [0.15, 0.2) is 5.82 Å². The summed E-state index contributed by atoms with van der Waals surface area (Å²) >= 11 is 0. The predicted octanol–water partition coefficient (Wildman–Crippen LogP) is 1.11. The van der Waals surface area contributed by atoms with E-state index in [1.807, 2.05) is 0 Å². The third kappa shape index (κ3) is 2.40. The van der Waals surface area contributed by atoms with Gasteiger partial charge in [-0.05, 0) is 6.07 Å². The molecule has 0 fully saturated rings.